The van der Waals surface area contributed by atoms with Crippen molar-refractivity contribution in [1.29, 1.82) is 0 Å². The Morgan fingerprint density at radius 2 is 1.81 bits per heavy atom. The fourth-order valence-electron chi connectivity index (χ4n) is 6.17. The second-order valence-electron chi connectivity index (χ2n) is 9.40. The lowest BCUT2D eigenvalue weighted by Gasteiger charge is -2.52. The molecular weight excluding hydrogens is 406 g/mol. The standard InChI is InChI=1S/C24H35N5O3/c1-3-28-22-16-17(4-9-20(22)29-21(24(28)31)10-11-25-29)23(30)27-14-12-26(13-15-27)18-5-7-19(32-2)8-6-18/h5-8,17,20-22,25H,3-4,9-16H2,1-2H3. The van der Waals surface area contributed by atoms with E-state index in [4.69, 9.17) is 4.74 Å². The average molecular weight is 442 g/mol. The van der Waals surface area contributed by atoms with Crippen LogP contribution in [0.15, 0.2) is 24.3 Å². The fourth-order valence-corrected chi connectivity index (χ4v) is 6.17. The van der Waals surface area contributed by atoms with Crippen molar-refractivity contribution < 1.29 is 14.3 Å². The lowest BCUT2D eigenvalue weighted by atomic mass is 9.78. The highest BCUT2D eigenvalue weighted by molar-refractivity contribution is 5.84. The van der Waals surface area contributed by atoms with E-state index in [1.165, 1.54) is 5.69 Å². The Bertz CT molecular complexity index is 839. The summed E-state index contributed by atoms with van der Waals surface area (Å²) in [6, 6.07) is 8.57. The third-order valence-corrected chi connectivity index (χ3v) is 7.87. The number of amides is 2. The number of anilines is 1. The van der Waals surface area contributed by atoms with Crippen molar-refractivity contribution >= 4 is 17.5 Å². The van der Waals surface area contributed by atoms with Crippen LogP contribution in [0.3, 0.4) is 0 Å². The van der Waals surface area contributed by atoms with Gasteiger partial charge in [0, 0.05) is 63.0 Å². The number of piperazine rings is 2. The number of rotatable bonds is 4. The Balaban J connectivity index is 1.21. The number of methoxy groups -OCH3 is 1. The molecular formula is C24H35N5O3. The number of benzene rings is 1. The van der Waals surface area contributed by atoms with Gasteiger partial charge in [-0.3, -0.25) is 15.0 Å². The predicted molar refractivity (Wildman–Crippen MR) is 122 cm³/mol. The summed E-state index contributed by atoms with van der Waals surface area (Å²) in [6.07, 6.45) is 3.56. The third-order valence-electron chi connectivity index (χ3n) is 7.87. The second kappa shape index (κ2) is 8.90. The fraction of sp³-hybridized carbons (Fsp3) is 0.667. The van der Waals surface area contributed by atoms with Gasteiger partial charge in [0.2, 0.25) is 11.8 Å². The molecule has 8 nitrogen and oxygen atoms in total. The first-order valence-electron chi connectivity index (χ1n) is 12.1. The number of hydrogen-bond donors (Lipinski definition) is 1. The minimum atomic E-state index is -0.0190. The van der Waals surface area contributed by atoms with Crippen LogP contribution in [-0.2, 0) is 9.59 Å². The largest absolute Gasteiger partial charge is 0.497 e. The molecule has 0 bridgehead atoms. The van der Waals surface area contributed by atoms with Crippen molar-refractivity contribution in [2.24, 2.45) is 5.92 Å². The zero-order chi connectivity index (χ0) is 22.2. The number of nitrogens with zero attached hydrogens (tertiary/aromatic N) is 4. The topological polar surface area (TPSA) is 68.4 Å². The lowest BCUT2D eigenvalue weighted by Crippen LogP contribution is -2.68. The van der Waals surface area contributed by atoms with Crippen LogP contribution in [-0.4, -0.2) is 91.1 Å². The summed E-state index contributed by atoms with van der Waals surface area (Å²) < 4.78 is 5.25. The molecule has 4 atom stereocenters. The van der Waals surface area contributed by atoms with Gasteiger partial charge >= 0.3 is 0 Å². The molecule has 5 rings (SSSR count). The molecule has 32 heavy (non-hydrogen) atoms. The highest BCUT2D eigenvalue weighted by Crippen LogP contribution is 2.38. The molecule has 1 aromatic rings. The Morgan fingerprint density at radius 3 is 2.50 bits per heavy atom. The molecule has 174 valence electrons. The smallest absolute Gasteiger partial charge is 0.241 e. The zero-order valence-corrected chi connectivity index (χ0v) is 19.2. The van der Waals surface area contributed by atoms with Gasteiger partial charge in [-0.1, -0.05) is 0 Å². The van der Waals surface area contributed by atoms with Crippen molar-refractivity contribution in [3.8, 4) is 5.75 Å². The first-order chi connectivity index (χ1) is 15.6. The third kappa shape index (κ3) is 3.73. The van der Waals surface area contributed by atoms with Gasteiger partial charge in [-0.15, -0.1) is 0 Å². The highest BCUT2D eigenvalue weighted by Gasteiger charge is 2.51. The van der Waals surface area contributed by atoms with Crippen LogP contribution in [0, 0.1) is 5.92 Å². The average Bonchev–Trinajstić information content (AvgIpc) is 3.34. The Hall–Kier alpha value is -2.32. The van der Waals surface area contributed by atoms with Gasteiger partial charge in [0.25, 0.3) is 0 Å². The molecule has 3 heterocycles. The summed E-state index contributed by atoms with van der Waals surface area (Å²) in [4.78, 5) is 32.9. The van der Waals surface area contributed by atoms with Crippen molar-refractivity contribution in [1.82, 2.24) is 20.2 Å². The van der Waals surface area contributed by atoms with Gasteiger partial charge in [-0.2, -0.15) is 0 Å². The maximum absolute atomic E-state index is 13.4. The van der Waals surface area contributed by atoms with E-state index in [1.54, 1.807) is 7.11 Å². The molecule has 2 amide bonds. The van der Waals surface area contributed by atoms with Crippen LogP contribution >= 0.6 is 0 Å². The van der Waals surface area contributed by atoms with Crippen LogP contribution in [0.2, 0.25) is 0 Å². The molecule has 1 N–H and O–H groups in total. The number of hydrazine groups is 1. The van der Waals surface area contributed by atoms with E-state index in [2.05, 4.69) is 39.3 Å². The molecule has 8 heteroatoms. The van der Waals surface area contributed by atoms with Crippen LogP contribution in [0.25, 0.3) is 0 Å². The van der Waals surface area contributed by atoms with Gasteiger partial charge in [-0.05, 0) is 56.9 Å². The van der Waals surface area contributed by atoms with E-state index in [0.29, 0.717) is 6.04 Å². The molecule has 1 saturated carbocycles. The Kier molecular flexibility index (Phi) is 5.99. The van der Waals surface area contributed by atoms with Crippen molar-refractivity contribution in [3.05, 3.63) is 24.3 Å². The van der Waals surface area contributed by atoms with E-state index >= 15 is 0 Å². The molecule has 4 fully saturated rings. The molecule has 0 spiro atoms. The highest BCUT2D eigenvalue weighted by atomic mass is 16.5. The number of carbonyl (C=O) groups is 2. The van der Waals surface area contributed by atoms with E-state index in [9.17, 15) is 9.59 Å². The number of hydrogen-bond acceptors (Lipinski definition) is 6. The minimum absolute atomic E-state index is 0.0183. The molecule has 4 aliphatic rings. The first kappa shape index (κ1) is 21.5. The summed E-state index contributed by atoms with van der Waals surface area (Å²) in [5.74, 6) is 1.39. The maximum Gasteiger partial charge on any atom is 0.241 e. The minimum Gasteiger partial charge on any atom is -0.497 e. The Morgan fingerprint density at radius 1 is 1.06 bits per heavy atom. The van der Waals surface area contributed by atoms with Crippen molar-refractivity contribution in [2.75, 3.05) is 51.3 Å². The second-order valence-corrected chi connectivity index (χ2v) is 9.40. The van der Waals surface area contributed by atoms with Gasteiger partial charge in [0.1, 0.15) is 11.8 Å². The number of ether oxygens (including phenoxy) is 1. The maximum atomic E-state index is 13.4. The van der Waals surface area contributed by atoms with Crippen LogP contribution in [0.5, 0.6) is 5.75 Å². The van der Waals surface area contributed by atoms with E-state index in [-0.39, 0.29) is 29.8 Å². The van der Waals surface area contributed by atoms with Crippen LogP contribution in [0.4, 0.5) is 5.69 Å². The zero-order valence-electron chi connectivity index (χ0n) is 19.2. The van der Waals surface area contributed by atoms with E-state index < -0.39 is 0 Å². The molecule has 4 unspecified atom stereocenters. The van der Waals surface area contributed by atoms with Crippen LogP contribution < -0.4 is 15.1 Å². The molecule has 1 aromatic carbocycles. The van der Waals surface area contributed by atoms with Crippen molar-refractivity contribution in [2.45, 2.75) is 50.7 Å². The monoisotopic (exact) mass is 441 g/mol. The summed E-state index contributed by atoms with van der Waals surface area (Å²) in [5, 5.41) is 2.22. The molecule has 0 radical (unpaired) electrons. The molecule has 0 aromatic heterocycles. The SMILES string of the molecule is CCN1C(=O)C2CCNN2C2CCC(C(=O)N3CCN(c4ccc(OC)cc4)CC3)CC21. The summed E-state index contributed by atoms with van der Waals surface area (Å²) in [7, 11) is 1.68. The van der Waals surface area contributed by atoms with E-state index in [0.717, 1.165) is 70.7 Å². The van der Waals surface area contributed by atoms with Gasteiger partial charge in [0.15, 0.2) is 0 Å². The Labute approximate surface area is 190 Å². The van der Waals surface area contributed by atoms with Gasteiger partial charge in [-0.25, -0.2) is 5.01 Å². The van der Waals surface area contributed by atoms with Gasteiger partial charge in [0.05, 0.1) is 7.11 Å². The lowest BCUT2D eigenvalue weighted by molar-refractivity contribution is -0.157. The number of fused-ring (bicyclic) bond motifs is 3. The van der Waals surface area contributed by atoms with E-state index in [1.807, 2.05) is 17.0 Å². The van der Waals surface area contributed by atoms with Crippen molar-refractivity contribution in [3.63, 3.8) is 0 Å². The molecule has 3 aliphatic heterocycles. The van der Waals surface area contributed by atoms with Crippen LogP contribution in [0.1, 0.15) is 32.6 Å². The quantitative estimate of drug-likeness (QED) is 0.760. The number of carbonyl (C=O) groups excluding carboxylic acids is 2. The first-order valence-corrected chi connectivity index (χ1v) is 12.1. The predicted octanol–water partition coefficient (Wildman–Crippen LogP) is 1.32. The molecule has 3 saturated heterocycles. The number of nitrogens with one attached hydrogen (secondary N) is 1. The van der Waals surface area contributed by atoms with Gasteiger partial charge < -0.3 is 19.4 Å². The summed E-state index contributed by atoms with van der Waals surface area (Å²) >= 11 is 0. The summed E-state index contributed by atoms with van der Waals surface area (Å²) in [6.45, 7) is 6.86. The molecule has 1 aliphatic carbocycles. The number of likely N-dealkylation sites (N-methyl/N-ethyl adjacent to an activating group) is 1. The normalized spacial score (nSPS) is 30.8. The summed E-state index contributed by atoms with van der Waals surface area (Å²) in [5.41, 5.74) is 4.62.